The van der Waals surface area contributed by atoms with Gasteiger partial charge in [0.2, 0.25) is 5.75 Å². The Morgan fingerprint density at radius 1 is 1.60 bits per heavy atom. The fourth-order valence-corrected chi connectivity index (χ4v) is 2.35. The molecule has 0 aliphatic carbocycles. The highest BCUT2D eigenvalue weighted by Gasteiger charge is 2.33. The molecule has 1 aromatic rings. The molecule has 2 aliphatic rings. The van der Waals surface area contributed by atoms with Crippen LogP contribution in [0.2, 0.25) is 0 Å². The standard InChI is InChI=1S/C10H13N3O2/c1-12-10(14)9-8(5-11-12)13-4-2-3-7(13)6-15-9/h5,7H,2-4,6H2,1H3. The molecule has 0 spiro atoms. The summed E-state index contributed by atoms with van der Waals surface area (Å²) in [5.74, 6) is 0.464. The Kier molecular flexibility index (Phi) is 1.74. The van der Waals surface area contributed by atoms with Crippen molar-refractivity contribution in [3.63, 3.8) is 0 Å². The second kappa shape index (κ2) is 2.98. The summed E-state index contributed by atoms with van der Waals surface area (Å²) in [6, 6.07) is 0.436. The summed E-state index contributed by atoms with van der Waals surface area (Å²) in [6.07, 6.45) is 4.05. The van der Waals surface area contributed by atoms with E-state index in [0.29, 0.717) is 18.4 Å². The van der Waals surface area contributed by atoms with Crippen LogP contribution in [-0.2, 0) is 7.05 Å². The zero-order valence-electron chi connectivity index (χ0n) is 8.64. The van der Waals surface area contributed by atoms with E-state index in [0.717, 1.165) is 18.7 Å². The molecular formula is C10H13N3O2. The van der Waals surface area contributed by atoms with Gasteiger partial charge in [0.15, 0.2) is 0 Å². The molecule has 0 bridgehead atoms. The first-order chi connectivity index (χ1) is 7.27. The van der Waals surface area contributed by atoms with Gasteiger partial charge in [-0.05, 0) is 12.8 Å². The Balaban J connectivity index is 2.15. The first-order valence-corrected chi connectivity index (χ1v) is 5.23. The molecule has 1 atom stereocenters. The van der Waals surface area contributed by atoms with Crippen molar-refractivity contribution >= 4 is 5.69 Å². The smallest absolute Gasteiger partial charge is 0.311 e. The van der Waals surface area contributed by atoms with Crippen molar-refractivity contribution in [2.24, 2.45) is 7.05 Å². The highest BCUT2D eigenvalue weighted by Crippen LogP contribution is 2.34. The topological polar surface area (TPSA) is 47.4 Å². The summed E-state index contributed by atoms with van der Waals surface area (Å²) in [4.78, 5) is 14.0. The zero-order chi connectivity index (χ0) is 10.4. The molecule has 0 saturated carbocycles. The molecule has 0 N–H and O–H groups in total. The molecule has 0 amide bonds. The number of anilines is 1. The van der Waals surface area contributed by atoms with Crippen molar-refractivity contribution in [1.29, 1.82) is 0 Å². The zero-order valence-corrected chi connectivity index (χ0v) is 8.64. The van der Waals surface area contributed by atoms with Crippen LogP contribution in [0.1, 0.15) is 12.8 Å². The normalized spacial score (nSPS) is 23.3. The van der Waals surface area contributed by atoms with Crippen LogP contribution in [0.5, 0.6) is 5.75 Å². The van der Waals surface area contributed by atoms with Crippen molar-refractivity contribution in [1.82, 2.24) is 9.78 Å². The van der Waals surface area contributed by atoms with E-state index in [-0.39, 0.29) is 5.56 Å². The number of ether oxygens (including phenoxy) is 1. The minimum atomic E-state index is -0.141. The fraction of sp³-hybridized carbons (Fsp3) is 0.600. The van der Waals surface area contributed by atoms with Gasteiger partial charge < -0.3 is 9.64 Å². The number of fused-ring (bicyclic) bond motifs is 3. The molecule has 5 nitrogen and oxygen atoms in total. The lowest BCUT2D eigenvalue weighted by Gasteiger charge is -2.32. The quantitative estimate of drug-likeness (QED) is 0.607. The minimum Gasteiger partial charge on any atom is -0.484 e. The maximum Gasteiger partial charge on any atom is 0.311 e. The Morgan fingerprint density at radius 2 is 2.47 bits per heavy atom. The van der Waals surface area contributed by atoms with Crippen molar-refractivity contribution in [2.75, 3.05) is 18.1 Å². The lowest BCUT2D eigenvalue weighted by Crippen LogP contribution is -2.41. The van der Waals surface area contributed by atoms with Crippen LogP contribution in [0, 0.1) is 0 Å². The number of nitrogens with zero attached hydrogens (tertiary/aromatic N) is 3. The molecule has 1 aromatic heterocycles. The highest BCUT2D eigenvalue weighted by atomic mass is 16.5. The van der Waals surface area contributed by atoms with Crippen LogP contribution in [-0.4, -0.2) is 29.0 Å². The van der Waals surface area contributed by atoms with E-state index in [1.807, 2.05) is 0 Å². The monoisotopic (exact) mass is 207 g/mol. The van der Waals surface area contributed by atoms with Gasteiger partial charge in [0.1, 0.15) is 12.3 Å². The number of rotatable bonds is 0. The molecule has 0 aromatic carbocycles. The summed E-state index contributed by atoms with van der Waals surface area (Å²) in [5, 5.41) is 4.03. The Morgan fingerprint density at radius 3 is 3.33 bits per heavy atom. The molecule has 0 radical (unpaired) electrons. The lowest BCUT2D eigenvalue weighted by molar-refractivity contribution is 0.265. The summed E-state index contributed by atoms with van der Waals surface area (Å²) in [7, 11) is 1.64. The Hall–Kier alpha value is -1.52. The van der Waals surface area contributed by atoms with Crippen molar-refractivity contribution in [3.8, 4) is 5.75 Å². The molecule has 3 heterocycles. The van der Waals surface area contributed by atoms with E-state index < -0.39 is 0 Å². The maximum absolute atomic E-state index is 11.8. The number of aryl methyl sites for hydroxylation is 1. The van der Waals surface area contributed by atoms with Gasteiger partial charge in [0, 0.05) is 13.6 Å². The fourth-order valence-electron chi connectivity index (χ4n) is 2.35. The van der Waals surface area contributed by atoms with Crippen molar-refractivity contribution in [2.45, 2.75) is 18.9 Å². The lowest BCUT2D eigenvalue weighted by atomic mass is 10.2. The second-order valence-electron chi connectivity index (χ2n) is 4.09. The predicted molar refractivity (Wildman–Crippen MR) is 55.3 cm³/mol. The molecule has 80 valence electrons. The van der Waals surface area contributed by atoms with Crippen LogP contribution < -0.4 is 15.2 Å². The Labute approximate surface area is 87.3 Å². The minimum absolute atomic E-state index is 0.141. The van der Waals surface area contributed by atoms with Gasteiger partial charge in [0.25, 0.3) is 0 Å². The number of aromatic nitrogens is 2. The summed E-state index contributed by atoms with van der Waals surface area (Å²) in [5.41, 5.74) is 0.727. The van der Waals surface area contributed by atoms with Gasteiger partial charge in [-0.3, -0.25) is 4.79 Å². The molecular weight excluding hydrogens is 194 g/mol. The Bertz CT molecular complexity index is 454. The summed E-state index contributed by atoms with van der Waals surface area (Å²) < 4.78 is 6.85. The molecule has 1 unspecified atom stereocenters. The molecule has 1 fully saturated rings. The largest absolute Gasteiger partial charge is 0.484 e. The average Bonchev–Trinajstić information content (AvgIpc) is 2.71. The molecule has 3 rings (SSSR count). The number of hydrogen-bond donors (Lipinski definition) is 0. The summed E-state index contributed by atoms with van der Waals surface area (Å²) >= 11 is 0. The van der Waals surface area contributed by atoms with Crippen LogP contribution in [0.3, 0.4) is 0 Å². The van der Waals surface area contributed by atoms with E-state index >= 15 is 0 Å². The van der Waals surface area contributed by atoms with Gasteiger partial charge in [-0.1, -0.05) is 0 Å². The van der Waals surface area contributed by atoms with Gasteiger partial charge in [-0.2, -0.15) is 5.10 Å². The van der Waals surface area contributed by atoms with Gasteiger partial charge in [-0.25, -0.2) is 4.68 Å². The maximum atomic E-state index is 11.8. The van der Waals surface area contributed by atoms with Crippen LogP contribution in [0.25, 0.3) is 0 Å². The molecule has 1 saturated heterocycles. The van der Waals surface area contributed by atoms with Gasteiger partial charge in [0.05, 0.1) is 12.2 Å². The second-order valence-corrected chi connectivity index (χ2v) is 4.09. The van der Waals surface area contributed by atoms with Crippen LogP contribution in [0.15, 0.2) is 11.0 Å². The van der Waals surface area contributed by atoms with Crippen molar-refractivity contribution < 1.29 is 4.74 Å². The average molecular weight is 207 g/mol. The van der Waals surface area contributed by atoms with E-state index in [9.17, 15) is 4.79 Å². The van der Waals surface area contributed by atoms with E-state index in [1.54, 1.807) is 13.2 Å². The van der Waals surface area contributed by atoms with Gasteiger partial charge >= 0.3 is 5.56 Å². The van der Waals surface area contributed by atoms with Crippen molar-refractivity contribution in [3.05, 3.63) is 16.6 Å². The van der Waals surface area contributed by atoms with Crippen LogP contribution in [0.4, 0.5) is 5.69 Å². The van der Waals surface area contributed by atoms with E-state index in [1.165, 1.54) is 11.1 Å². The summed E-state index contributed by atoms with van der Waals surface area (Å²) in [6.45, 7) is 1.64. The molecule has 15 heavy (non-hydrogen) atoms. The van der Waals surface area contributed by atoms with E-state index in [2.05, 4.69) is 10.00 Å². The predicted octanol–water partition coefficient (Wildman–Crippen LogP) is 0.141. The molecule has 2 aliphatic heterocycles. The first kappa shape index (κ1) is 8.76. The molecule has 5 heteroatoms. The third-order valence-corrected chi connectivity index (χ3v) is 3.18. The SMILES string of the molecule is Cn1ncc2c(c1=O)OCC1CCCN21. The third-order valence-electron chi connectivity index (χ3n) is 3.18. The first-order valence-electron chi connectivity index (χ1n) is 5.23. The highest BCUT2D eigenvalue weighted by molar-refractivity contribution is 5.58. The third kappa shape index (κ3) is 1.15. The van der Waals surface area contributed by atoms with Gasteiger partial charge in [-0.15, -0.1) is 0 Å². The van der Waals surface area contributed by atoms with Crippen LogP contribution >= 0.6 is 0 Å². The number of hydrogen-bond acceptors (Lipinski definition) is 4. The van der Waals surface area contributed by atoms with E-state index in [4.69, 9.17) is 4.74 Å².